The molecule has 0 amide bonds. The number of nitrogens with zero attached hydrogens (tertiary/aromatic N) is 1. The number of aromatic nitrogens is 1. The SMILES string of the molecule is Cc1ccc2cn(C)c(O)c2c1. The highest BCUT2D eigenvalue weighted by molar-refractivity contribution is 5.88. The standard InChI is InChI=1S/C10H11NO/c1-7-3-4-8-6-11(2)10(12)9(8)5-7/h3-6,12H,1-2H3. The van der Waals surface area contributed by atoms with Crippen LogP contribution in [-0.4, -0.2) is 9.67 Å². The van der Waals surface area contributed by atoms with Gasteiger partial charge in [0.2, 0.25) is 0 Å². The summed E-state index contributed by atoms with van der Waals surface area (Å²) in [6.07, 6.45) is 1.92. The largest absolute Gasteiger partial charge is 0.494 e. The smallest absolute Gasteiger partial charge is 0.198 e. The molecule has 0 bridgehead atoms. The molecule has 0 aliphatic carbocycles. The van der Waals surface area contributed by atoms with E-state index < -0.39 is 0 Å². The molecular weight excluding hydrogens is 150 g/mol. The Hall–Kier alpha value is -1.44. The predicted molar refractivity (Wildman–Crippen MR) is 49.3 cm³/mol. The summed E-state index contributed by atoms with van der Waals surface area (Å²) in [5.41, 5.74) is 1.17. The van der Waals surface area contributed by atoms with Gasteiger partial charge in [-0.25, -0.2) is 0 Å². The van der Waals surface area contributed by atoms with E-state index in [2.05, 4.69) is 0 Å². The van der Waals surface area contributed by atoms with Crippen molar-refractivity contribution >= 4 is 10.8 Å². The molecule has 1 aromatic carbocycles. The van der Waals surface area contributed by atoms with Crippen molar-refractivity contribution in [3.63, 3.8) is 0 Å². The van der Waals surface area contributed by atoms with Gasteiger partial charge in [-0.3, -0.25) is 0 Å². The molecule has 1 aromatic heterocycles. The van der Waals surface area contributed by atoms with Crippen molar-refractivity contribution in [3.8, 4) is 5.88 Å². The van der Waals surface area contributed by atoms with Crippen LogP contribution in [0.3, 0.4) is 0 Å². The summed E-state index contributed by atoms with van der Waals surface area (Å²) in [5, 5.41) is 11.6. The Morgan fingerprint density at radius 2 is 2.08 bits per heavy atom. The van der Waals surface area contributed by atoms with Gasteiger partial charge < -0.3 is 9.67 Å². The number of aromatic hydroxyl groups is 1. The molecule has 2 heteroatoms. The lowest BCUT2D eigenvalue weighted by atomic mass is 10.1. The van der Waals surface area contributed by atoms with Crippen molar-refractivity contribution in [3.05, 3.63) is 30.0 Å². The van der Waals surface area contributed by atoms with Gasteiger partial charge >= 0.3 is 0 Å². The van der Waals surface area contributed by atoms with Gasteiger partial charge in [0, 0.05) is 24.0 Å². The summed E-state index contributed by atoms with van der Waals surface area (Å²) in [6.45, 7) is 2.02. The molecule has 62 valence electrons. The predicted octanol–water partition coefficient (Wildman–Crippen LogP) is 2.19. The van der Waals surface area contributed by atoms with Crippen LogP contribution in [-0.2, 0) is 7.05 Å². The van der Waals surface area contributed by atoms with E-state index in [0.29, 0.717) is 5.88 Å². The van der Waals surface area contributed by atoms with Crippen molar-refractivity contribution in [1.29, 1.82) is 0 Å². The fourth-order valence-electron chi connectivity index (χ4n) is 1.44. The lowest BCUT2D eigenvalue weighted by Gasteiger charge is -1.94. The fraction of sp³-hybridized carbons (Fsp3) is 0.200. The summed E-state index contributed by atoms with van der Waals surface area (Å²) < 4.78 is 1.73. The minimum Gasteiger partial charge on any atom is -0.494 e. The van der Waals surface area contributed by atoms with E-state index in [1.54, 1.807) is 4.57 Å². The number of rotatable bonds is 0. The molecule has 0 spiro atoms. The average Bonchev–Trinajstić information content (AvgIpc) is 2.31. The van der Waals surface area contributed by atoms with Crippen LogP contribution in [0.15, 0.2) is 24.4 Å². The zero-order valence-corrected chi connectivity index (χ0v) is 7.20. The monoisotopic (exact) mass is 161 g/mol. The van der Waals surface area contributed by atoms with Gasteiger partial charge in [0.05, 0.1) is 0 Å². The second-order valence-corrected chi connectivity index (χ2v) is 3.15. The molecule has 0 saturated heterocycles. The topological polar surface area (TPSA) is 25.2 Å². The van der Waals surface area contributed by atoms with Crippen LogP contribution in [0.2, 0.25) is 0 Å². The summed E-state index contributed by atoms with van der Waals surface area (Å²) in [4.78, 5) is 0. The molecule has 2 aromatic rings. The Labute approximate surface area is 71.1 Å². The van der Waals surface area contributed by atoms with Gasteiger partial charge in [-0.2, -0.15) is 0 Å². The number of aryl methyl sites for hydroxylation is 2. The number of benzene rings is 1. The van der Waals surface area contributed by atoms with Crippen molar-refractivity contribution in [2.24, 2.45) is 7.05 Å². The van der Waals surface area contributed by atoms with E-state index in [0.717, 1.165) is 10.8 Å². The lowest BCUT2D eigenvalue weighted by molar-refractivity contribution is 0.437. The minimum absolute atomic E-state index is 0.341. The molecule has 1 N–H and O–H groups in total. The maximum absolute atomic E-state index is 9.59. The first-order chi connectivity index (χ1) is 5.68. The Morgan fingerprint density at radius 3 is 2.83 bits per heavy atom. The van der Waals surface area contributed by atoms with Crippen molar-refractivity contribution in [1.82, 2.24) is 4.57 Å². The second-order valence-electron chi connectivity index (χ2n) is 3.15. The average molecular weight is 161 g/mol. The van der Waals surface area contributed by atoms with Crippen LogP contribution >= 0.6 is 0 Å². The van der Waals surface area contributed by atoms with E-state index in [-0.39, 0.29) is 0 Å². The molecule has 2 nitrogen and oxygen atoms in total. The van der Waals surface area contributed by atoms with Gasteiger partial charge in [-0.15, -0.1) is 0 Å². The van der Waals surface area contributed by atoms with Gasteiger partial charge in [0.25, 0.3) is 0 Å². The number of hydrogen-bond donors (Lipinski definition) is 1. The third-order valence-corrected chi connectivity index (χ3v) is 2.12. The van der Waals surface area contributed by atoms with Crippen molar-refractivity contribution < 1.29 is 5.11 Å². The van der Waals surface area contributed by atoms with E-state index in [4.69, 9.17) is 0 Å². The molecule has 1 heterocycles. The Balaban J connectivity index is 2.88. The van der Waals surface area contributed by atoms with Gasteiger partial charge in [-0.1, -0.05) is 17.7 Å². The Morgan fingerprint density at radius 1 is 1.33 bits per heavy atom. The molecule has 0 aliphatic heterocycles. The zero-order chi connectivity index (χ0) is 8.72. The zero-order valence-electron chi connectivity index (χ0n) is 7.20. The quantitative estimate of drug-likeness (QED) is 0.629. The van der Waals surface area contributed by atoms with Crippen molar-refractivity contribution in [2.75, 3.05) is 0 Å². The van der Waals surface area contributed by atoms with E-state index in [1.807, 2.05) is 38.4 Å². The Kier molecular flexibility index (Phi) is 1.37. The molecule has 12 heavy (non-hydrogen) atoms. The summed E-state index contributed by atoms with van der Waals surface area (Å²) >= 11 is 0. The molecule has 0 saturated carbocycles. The van der Waals surface area contributed by atoms with Gasteiger partial charge in [-0.05, 0) is 13.0 Å². The first-order valence-corrected chi connectivity index (χ1v) is 3.93. The van der Waals surface area contributed by atoms with Gasteiger partial charge in [0.15, 0.2) is 5.88 Å². The maximum Gasteiger partial charge on any atom is 0.198 e. The first-order valence-electron chi connectivity index (χ1n) is 3.93. The summed E-state index contributed by atoms with van der Waals surface area (Å²) in [6, 6.07) is 6.05. The van der Waals surface area contributed by atoms with Crippen LogP contribution in [0.4, 0.5) is 0 Å². The summed E-state index contributed by atoms with van der Waals surface area (Å²) in [7, 11) is 1.84. The van der Waals surface area contributed by atoms with Crippen molar-refractivity contribution in [2.45, 2.75) is 6.92 Å². The second kappa shape index (κ2) is 2.27. The highest BCUT2D eigenvalue weighted by atomic mass is 16.3. The number of hydrogen-bond acceptors (Lipinski definition) is 1. The molecular formula is C10H11NO. The van der Waals surface area contributed by atoms with Crippen LogP contribution in [0, 0.1) is 6.92 Å². The normalized spacial score (nSPS) is 10.8. The molecule has 0 radical (unpaired) electrons. The van der Waals surface area contributed by atoms with Crippen LogP contribution in [0.5, 0.6) is 5.88 Å². The first kappa shape index (κ1) is 7.22. The third-order valence-electron chi connectivity index (χ3n) is 2.12. The van der Waals surface area contributed by atoms with Gasteiger partial charge in [0.1, 0.15) is 0 Å². The molecule has 0 aliphatic rings. The minimum atomic E-state index is 0.341. The highest BCUT2D eigenvalue weighted by Crippen LogP contribution is 2.26. The van der Waals surface area contributed by atoms with E-state index in [1.165, 1.54) is 5.56 Å². The Bertz CT molecular complexity index is 429. The van der Waals surface area contributed by atoms with E-state index in [9.17, 15) is 5.11 Å². The van der Waals surface area contributed by atoms with E-state index >= 15 is 0 Å². The molecule has 2 rings (SSSR count). The fourth-order valence-corrected chi connectivity index (χ4v) is 1.44. The summed E-state index contributed by atoms with van der Waals surface area (Å²) in [5.74, 6) is 0.341. The third kappa shape index (κ3) is 0.881. The molecule has 0 unspecified atom stereocenters. The van der Waals surface area contributed by atoms with Crippen LogP contribution in [0.25, 0.3) is 10.8 Å². The maximum atomic E-state index is 9.59. The highest BCUT2D eigenvalue weighted by Gasteiger charge is 2.03. The molecule has 0 fully saturated rings. The lowest BCUT2D eigenvalue weighted by Crippen LogP contribution is -1.80. The number of fused-ring (bicyclic) bond motifs is 1. The van der Waals surface area contributed by atoms with Crippen LogP contribution < -0.4 is 0 Å². The molecule has 0 atom stereocenters. The van der Waals surface area contributed by atoms with Crippen LogP contribution in [0.1, 0.15) is 5.56 Å².